The molecule has 106 valence electrons. The van der Waals surface area contributed by atoms with Crippen molar-refractivity contribution in [3.05, 3.63) is 56.9 Å². The summed E-state index contributed by atoms with van der Waals surface area (Å²) in [5.74, 6) is 0.612. The average Bonchev–Trinajstić information content (AvgIpc) is 2.92. The number of hydrogen-bond acceptors (Lipinski definition) is 4. The lowest BCUT2D eigenvalue weighted by Crippen LogP contribution is -2.33. The molecule has 2 aromatic rings. The third kappa shape index (κ3) is 3.84. The first-order valence-corrected chi connectivity index (χ1v) is 6.97. The van der Waals surface area contributed by atoms with Crippen LogP contribution >= 0.6 is 15.9 Å². The molecule has 0 aliphatic carbocycles. The highest BCUT2D eigenvalue weighted by molar-refractivity contribution is 9.10. The number of nitrogens with one attached hydrogen (secondary N) is 1. The number of halogens is 1. The molecule has 0 aliphatic heterocycles. The summed E-state index contributed by atoms with van der Waals surface area (Å²) < 4.78 is 10.2. The molecule has 20 heavy (non-hydrogen) atoms. The molecular formula is C14H14BrNO4. The van der Waals surface area contributed by atoms with Crippen LogP contribution in [0.25, 0.3) is 0 Å². The van der Waals surface area contributed by atoms with Gasteiger partial charge in [0, 0.05) is 12.5 Å². The molecule has 0 aromatic carbocycles. The van der Waals surface area contributed by atoms with Crippen LogP contribution in [0.1, 0.15) is 29.5 Å². The number of hydrogen-bond donors (Lipinski definition) is 1. The van der Waals surface area contributed by atoms with E-state index in [1.165, 1.54) is 6.07 Å². The van der Waals surface area contributed by atoms with E-state index in [9.17, 15) is 9.59 Å². The maximum atomic E-state index is 12.0. The largest absolute Gasteiger partial charge is 0.469 e. The van der Waals surface area contributed by atoms with E-state index in [0.29, 0.717) is 5.56 Å². The Bertz CT molecular complexity index is 633. The van der Waals surface area contributed by atoms with E-state index in [4.69, 9.17) is 8.83 Å². The second-order valence-electron chi connectivity index (χ2n) is 4.46. The number of aryl methyl sites for hydroxylation is 1. The molecule has 1 atom stereocenters. The van der Waals surface area contributed by atoms with Crippen LogP contribution in [-0.2, 0) is 6.42 Å². The minimum absolute atomic E-state index is 0.0155. The van der Waals surface area contributed by atoms with Crippen molar-refractivity contribution in [1.82, 2.24) is 5.32 Å². The summed E-state index contributed by atoms with van der Waals surface area (Å²) in [6.45, 7) is 1.91. The molecule has 0 saturated heterocycles. The zero-order valence-corrected chi connectivity index (χ0v) is 12.5. The van der Waals surface area contributed by atoms with E-state index >= 15 is 0 Å². The van der Waals surface area contributed by atoms with Crippen LogP contribution in [0, 0.1) is 0 Å². The SMILES string of the molecule is CC(CCc1ccco1)NC(=O)c1coc(=O)c(Br)c1. The van der Waals surface area contributed by atoms with Crippen LogP contribution in [0.15, 0.2) is 48.8 Å². The number of carbonyl (C=O) groups excluding carboxylic acids is 1. The van der Waals surface area contributed by atoms with Crippen LogP contribution in [0.5, 0.6) is 0 Å². The van der Waals surface area contributed by atoms with E-state index < -0.39 is 5.63 Å². The van der Waals surface area contributed by atoms with E-state index in [1.54, 1.807) is 6.26 Å². The van der Waals surface area contributed by atoms with Crippen molar-refractivity contribution in [3.63, 3.8) is 0 Å². The fourth-order valence-corrected chi connectivity index (χ4v) is 2.05. The smallest absolute Gasteiger partial charge is 0.350 e. The van der Waals surface area contributed by atoms with Gasteiger partial charge in [-0.3, -0.25) is 4.79 Å². The first-order valence-electron chi connectivity index (χ1n) is 6.18. The third-order valence-corrected chi connectivity index (χ3v) is 3.37. The molecule has 2 heterocycles. The van der Waals surface area contributed by atoms with Gasteiger partial charge in [0.15, 0.2) is 0 Å². The van der Waals surface area contributed by atoms with Crippen molar-refractivity contribution in [2.45, 2.75) is 25.8 Å². The molecule has 0 spiro atoms. The van der Waals surface area contributed by atoms with Crippen LogP contribution in [0.2, 0.25) is 0 Å². The standard InChI is InChI=1S/C14H14BrNO4/c1-9(4-5-11-3-2-6-19-11)16-13(17)10-7-12(15)14(18)20-8-10/h2-3,6-9H,4-5H2,1H3,(H,16,17). The van der Waals surface area contributed by atoms with Crippen LogP contribution < -0.4 is 10.9 Å². The second kappa shape index (κ2) is 6.56. The van der Waals surface area contributed by atoms with Crippen molar-refractivity contribution in [3.8, 4) is 0 Å². The van der Waals surface area contributed by atoms with Gasteiger partial charge in [-0.05, 0) is 47.5 Å². The van der Waals surface area contributed by atoms with E-state index in [0.717, 1.165) is 24.9 Å². The van der Waals surface area contributed by atoms with Gasteiger partial charge in [-0.2, -0.15) is 0 Å². The Labute approximate surface area is 124 Å². The van der Waals surface area contributed by atoms with E-state index in [2.05, 4.69) is 21.2 Å². The molecule has 0 bridgehead atoms. The van der Waals surface area contributed by atoms with E-state index in [1.807, 2.05) is 19.1 Å². The highest BCUT2D eigenvalue weighted by Crippen LogP contribution is 2.09. The summed E-state index contributed by atoms with van der Waals surface area (Å²) in [4.78, 5) is 23.1. The third-order valence-electron chi connectivity index (χ3n) is 2.81. The maximum Gasteiger partial charge on any atom is 0.350 e. The molecule has 1 N–H and O–H groups in total. The fourth-order valence-electron chi connectivity index (χ4n) is 1.71. The zero-order chi connectivity index (χ0) is 14.5. The fraction of sp³-hybridized carbons (Fsp3) is 0.286. The predicted molar refractivity (Wildman–Crippen MR) is 76.6 cm³/mol. The molecule has 0 radical (unpaired) electrons. The van der Waals surface area contributed by atoms with Crippen LogP contribution in [0.3, 0.4) is 0 Å². The molecular weight excluding hydrogens is 326 g/mol. The van der Waals surface area contributed by atoms with Gasteiger partial charge in [0.2, 0.25) is 0 Å². The Morgan fingerprint density at radius 3 is 2.90 bits per heavy atom. The Morgan fingerprint density at radius 1 is 1.45 bits per heavy atom. The first-order chi connectivity index (χ1) is 9.56. The topological polar surface area (TPSA) is 72.5 Å². The predicted octanol–water partition coefficient (Wildman–Crippen LogP) is 2.75. The molecule has 0 aliphatic rings. The van der Waals surface area contributed by atoms with E-state index in [-0.39, 0.29) is 16.4 Å². The number of amides is 1. The van der Waals surface area contributed by atoms with Gasteiger partial charge < -0.3 is 14.2 Å². The van der Waals surface area contributed by atoms with Crippen molar-refractivity contribution in [1.29, 1.82) is 0 Å². The normalized spacial score (nSPS) is 12.1. The number of furan rings is 1. The lowest BCUT2D eigenvalue weighted by molar-refractivity contribution is 0.0935. The molecule has 2 rings (SSSR count). The second-order valence-corrected chi connectivity index (χ2v) is 5.32. The lowest BCUT2D eigenvalue weighted by Gasteiger charge is -2.12. The Morgan fingerprint density at radius 2 is 2.25 bits per heavy atom. The summed E-state index contributed by atoms with van der Waals surface area (Å²) in [6.07, 6.45) is 4.29. The molecule has 2 aromatic heterocycles. The molecule has 0 saturated carbocycles. The Kier molecular flexibility index (Phi) is 4.79. The van der Waals surface area contributed by atoms with Gasteiger partial charge in [0.05, 0.1) is 11.8 Å². The van der Waals surface area contributed by atoms with Gasteiger partial charge in [-0.15, -0.1) is 0 Å². The molecule has 1 amide bonds. The molecule has 1 unspecified atom stereocenters. The summed E-state index contributed by atoms with van der Waals surface area (Å²) >= 11 is 3.04. The van der Waals surface area contributed by atoms with Crippen molar-refractivity contribution >= 4 is 21.8 Å². The Balaban J connectivity index is 1.90. The first kappa shape index (κ1) is 14.6. The summed E-state index contributed by atoms with van der Waals surface area (Å²) in [6, 6.07) is 5.17. The molecule has 0 fully saturated rings. The lowest BCUT2D eigenvalue weighted by atomic mass is 10.1. The van der Waals surface area contributed by atoms with Gasteiger partial charge in [0.1, 0.15) is 16.5 Å². The monoisotopic (exact) mass is 339 g/mol. The highest BCUT2D eigenvalue weighted by Gasteiger charge is 2.12. The van der Waals surface area contributed by atoms with Crippen molar-refractivity contribution in [2.75, 3.05) is 0 Å². The summed E-state index contributed by atoms with van der Waals surface area (Å²) in [5.41, 5.74) is -0.200. The van der Waals surface area contributed by atoms with Crippen LogP contribution in [-0.4, -0.2) is 11.9 Å². The quantitative estimate of drug-likeness (QED) is 0.908. The van der Waals surface area contributed by atoms with Gasteiger partial charge in [-0.25, -0.2) is 4.79 Å². The van der Waals surface area contributed by atoms with Gasteiger partial charge >= 0.3 is 5.63 Å². The minimum atomic E-state index is -0.507. The number of carbonyl (C=O) groups is 1. The zero-order valence-electron chi connectivity index (χ0n) is 10.9. The summed E-state index contributed by atoms with van der Waals surface area (Å²) in [5, 5.41) is 2.84. The average molecular weight is 340 g/mol. The molecule has 5 nitrogen and oxygen atoms in total. The number of rotatable bonds is 5. The van der Waals surface area contributed by atoms with Gasteiger partial charge in [-0.1, -0.05) is 0 Å². The molecule has 6 heteroatoms. The van der Waals surface area contributed by atoms with Crippen molar-refractivity contribution < 1.29 is 13.6 Å². The Hall–Kier alpha value is -1.82. The minimum Gasteiger partial charge on any atom is -0.469 e. The van der Waals surface area contributed by atoms with Gasteiger partial charge in [0.25, 0.3) is 5.91 Å². The maximum absolute atomic E-state index is 12.0. The van der Waals surface area contributed by atoms with Crippen LogP contribution in [0.4, 0.5) is 0 Å². The summed E-state index contributed by atoms with van der Waals surface area (Å²) in [7, 11) is 0. The highest BCUT2D eigenvalue weighted by atomic mass is 79.9. The van der Waals surface area contributed by atoms with Crippen molar-refractivity contribution in [2.24, 2.45) is 0 Å².